The van der Waals surface area contributed by atoms with Gasteiger partial charge in [0.05, 0.1) is 61.6 Å². The Morgan fingerprint density at radius 2 is 1.50 bits per heavy atom. The molecule has 3 aliphatic heterocycles. The first-order chi connectivity index (χ1) is 31.3. The zero-order valence-electron chi connectivity index (χ0n) is 36.0. The van der Waals surface area contributed by atoms with Gasteiger partial charge in [-0.15, -0.1) is 0 Å². The minimum absolute atomic E-state index is 0.0260. The van der Waals surface area contributed by atoms with Crippen molar-refractivity contribution in [2.75, 3.05) is 40.5 Å². The normalized spacial score (nSPS) is 18.7. The Balaban J connectivity index is 0.878. The van der Waals surface area contributed by atoms with E-state index in [9.17, 15) is 19.2 Å². The van der Waals surface area contributed by atoms with Crippen LogP contribution in [0.1, 0.15) is 91.3 Å². The molecule has 0 unspecified atom stereocenters. The van der Waals surface area contributed by atoms with E-state index in [0.717, 1.165) is 81.3 Å². The molecule has 9 rings (SSSR count). The molecule has 0 aliphatic carbocycles. The zero-order chi connectivity index (χ0) is 44.2. The number of rotatable bonds is 10. The summed E-state index contributed by atoms with van der Waals surface area (Å²) in [5.41, 5.74) is 6.02. The standard InChI is InChI=1S/C50H51N7O7/c1-62-43(58)29-38(33-8-4-3-5-9-33)48(59)56-24-6-10-41(56)46-51-30-40(53-46)34-17-14-31(15-18-34)12-13-32-16-20-37-36(28-32)19-21-39-45(37)54-47(52-39)42-11-7-25-57(42)49(60)44(55-50(61)63-2)35-22-26-64-27-23-35/h3-5,8-9,14-21,28,30,35,38,41-42,44H,6-7,10-11,22-27,29H2,1-2H3,(H,51,53)(H,52,54)(H,55,61)/t38-,41+,42+,44+/m1/s1. The van der Waals surface area contributed by atoms with E-state index in [1.165, 1.54) is 14.2 Å². The highest BCUT2D eigenvalue weighted by molar-refractivity contribution is 6.04. The first-order valence-electron chi connectivity index (χ1n) is 22.0. The van der Waals surface area contributed by atoms with Crippen molar-refractivity contribution in [1.29, 1.82) is 0 Å². The summed E-state index contributed by atoms with van der Waals surface area (Å²) in [6.45, 7) is 2.28. The second kappa shape index (κ2) is 18.8. The van der Waals surface area contributed by atoms with Gasteiger partial charge in [0.2, 0.25) is 11.8 Å². The lowest BCUT2D eigenvalue weighted by Crippen LogP contribution is -2.53. The van der Waals surface area contributed by atoms with E-state index in [4.69, 9.17) is 24.2 Å². The number of hydrogen-bond acceptors (Lipinski definition) is 9. The summed E-state index contributed by atoms with van der Waals surface area (Å²) in [5.74, 6) is 6.75. The quantitative estimate of drug-likeness (QED) is 0.0942. The fourth-order valence-corrected chi connectivity index (χ4v) is 9.49. The van der Waals surface area contributed by atoms with E-state index in [0.29, 0.717) is 45.0 Å². The van der Waals surface area contributed by atoms with Crippen LogP contribution in [-0.4, -0.2) is 100 Å². The minimum atomic E-state index is -0.695. The van der Waals surface area contributed by atoms with Gasteiger partial charge in [-0.05, 0) is 91.3 Å². The fraction of sp³-hybridized carbons (Fsp3) is 0.360. The van der Waals surface area contributed by atoms with Crippen molar-refractivity contribution in [2.45, 2.75) is 69.0 Å². The number of nitrogens with zero attached hydrogens (tertiary/aromatic N) is 4. The lowest BCUT2D eigenvalue weighted by Gasteiger charge is -2.34. The molecule has 3 saturated heterocycles. The van der Waals surface area contributed by atoms with E-state index in [1.54, 1.807) is 6.20 Å². The predicted octanol–water partition coefficient (Wildman–Crippen LogP) is 7.33. The molecule has 0 spiro atoms. The van der Waals surface area contributed by atoms with E-state index in [2.05, 4.69) is 39.3 Å². The van der Waals surface area contributed by atoms with Gasteiger partial charge in [-0.1, -0.05) is 66.4 Å². The smallest absolute Gasteiger partial charge is 0.407 e. The van der Waals surface area contributed by atoms with Gasteiger partial charge in [0, 0.05) is 42.8 Å². The SMILES string of the molecule is COC(=O)C[C@@H](C(=O)N1CCC[C@H]1c1ncc(-c2ccc(C#Cc3ccc4c(ccc5[nH]c([C@@H]6CCCN6C(=O)[C@@H](NC(=O)OC)C6CCOCC6)nc54)c3)cc2)[nH]1)c1ccccc1. The summed E-state index contributed by atoms with van der Waals surface area (Å²) < 4.78 is 15.4. The summed E-state index contributed by atoms with van der Waals surface area (Å²) in [6, 6.07) is 26.4. The highest BCUT2D eigenvalue weighted by Crippen LogP contribution is 2.37. The molecule has 2 aromatic heterocycles. The third kappa shape index (κ3) is 8.81. The Morgan fingerprint density at radius 3 is 2.23 bits per heavy atom. The second-order valence-electron chi connectivity index (χ2n) is 16.7. The van der Waals surface area contributed by atoms with Crippen LogP contribution < -0.4 is 5.32 Å². The molecule has 6 aromatic rings. The maximum absolute atomic E-state index is 14.1. The van der Waals surface area contributed by atoms with Gasteiger partial charge >= 0.3 is 12.1 Å². The van der Waals surface area contributed by atoms with Crippen LogP contribution in [0.3, 0.4) is 0 Å². The van der Waals surface area contributed by atoms with Crippen molar-refractivity contribution in [3.8, 4) is 23.1 Å². The largest absolute Gasteiger partial charge is 0.469 e. The monoisotopic (exact) mass is 861 g/mol. The van der Waals surface area contributed by atoms with Gasteiger partial charge in [0.15, 0.2) is 0 Å². The third-order valence-corrected chi connectivity index (χ3v) is 12.9. The van der Waals surface area contributed by atoms with Crippen LogP contribution in [0.4, 0.5) is 4.79 Å². The van der Waals surface area contributed by atoms with Gasteiger partial charge in [0.1, 0.15) is 17.7 Å². The maximum Gasteiger partial charge on any atom is 0.407 e. The molecule has 3 amide bonds. The molecule has 14 heteroatoms. The molecule has 0 bridgehead atoms. The van der Waals surface area contributed by atoms with Crippen LogP contribution in [0, 0.1) is 17.8 Å². The number of nitrogens with one attached hydrogen (secondary N) is 3. The van der Waals surface area contributed by atoms with Crippen LogP contribution in [0.2, 0.25) is 0 Å². The fourth-order valence-electron chi connectivity index (χ4n) is 9.49. The first-order valence-corrected chi connectivity index (χ1v) is 22.0. The summed E-state index contributed by atoms with van der Waals surface area (Å²) in [4.78, 5) is 73.2. The van der Waals surface area contributed by atoms with Crippen molar-refractivity contribution in [2.24, 2.45) is 5.92 Å². The van der Waals surface area contributed by atoms with Gasteiger partial charge in [0.25, 0.3) is 0 Å². The molecule has 4 aromatic carbocycles. The number of carbonyl (C=O) groups is 4. The van der Waals surface area contributed by atoms with Crippen molar-refractivity contribution in [3.05, 3.63) is 119 Å². The van der Waals surface area contributed by atoms with Gasteiger partial charge in [-0.2, -0.15) is 0 Å². The van der Waals surface area contributed by atoms with Crippen LogP contribution in [0.15, 0.2) is 91.1 Å². The third-order valence-electron chi connectivity index (χ3n) is 12.9. The van der Waals surface area contributed by atoms with E-state index in [1.807, 2.05) is 82.6 Å². The van der Waals surface area contributed by atoms with Crippen LogP contribution in [0.5, 0.6) is 0 Å². The van der Waals surface area contributed by atoms with E-state index in [-0.39, 0.29) is 36.2 Å². The van der Waals surface area contributed by atoms with E-state index < -0.39 is 24.0 Å². The number of amides is 3. The van der Waals surface area contributed by atoms with Crippen LogP contribution in [0.25, 0.3) is 33.1 Å². The molecule has 64 heavy (non-hydrogen) atoms. The summed E-state index contributed by atoms with van der Waals surface area (Å²) in [7, 11) is 2.65. The number of likely N-dealkylation sites (tertiary alicyclic amines) is 2. The lowest BCUT2D eigenvalue weighted by molar-refractivity contribution is -0.145. The predicted molar refractivity (Wildman–Crippen MR) is 240 cm³/mol. The topological polar surface area (TPSA) is 172 Å². The molecule has 14 nitrogen and oxygen atoms in total. The van der Waals surface area contributed by atoms with Gasteiger partial charge in [-0.25, -0.2) is 14.8 Å². The zero-order valence-corrected chi connectivity index (χ0v) is 36.0. The number of aromatic amines is 2. The second-order valence-corrected chi connectivity index (χ2v) is 16.7. The number of carbonyl (C=O) groups excluding carboxylic acids is 4. The van der Waals surface area contributed by atoms with Crippen LogP contribution >= 0.6 is 0 Å². The number of fused-ring (bicyclic) bond motifs is 3. The highest BCUT2D eigenvalue weighted by Gasteiger charge is 2.41. The Labute approximate surface area is 371 Å². The molecule has 5 heterocycles. The number of imidazole rings is 2. The lowest BCUT2D eigenvalue weighted by atomic mass is 9.90. The van der Waals surface area contributed by atoms with Crippen molar-refractivity contribution in [3.63, 3.8) is 0 Å². The Hall–Kier alpha value is -6.98. The number of hydrogen-bond donors (Lipinski definition) is 3. The summed E-state index contributed by atoms with van der Waals surface area (Å²) in [5, 5.41) is 4.81. The number of esters is 1. The Kier molecular flexibility index (Phi) is 12.4. The molecule has 3 aliphatic rings. The van der Waals surface area contributed by atoms with Gasteiger partial charge < -0.3 is 39.3 Å². The average Bonchev–Trinajstić information content (AvgIpc) is 4.19. The van der Waals surface area contributed by atoms with Crippen LogP contribution in [-0.2, 0) is 28.6 Å². The first kappa shape index (κ1) is 42.3. The number of methoxy groups -OCH3 is 2. The molecule has 3 N–H and O–H groups in total. The van der Waals surface area contributed by atoms with Crippen molar-refractivity contribution in [1.82, 2.24) is 35.1 Å². The number of benzene rings is 4. The molecule has 0 saturated carbocycles. The van der Waals surface area contributed by atoms with Crippen molar-refractivity contribution < 1.29 is 33.4 Å². The molecular weight excluding hydrogens is 811 g/mol. The Bertz CT molecular complexity index is 2730. The van der Waals surface area contributed by atoms with Crippen molar-refractivity contribution >= 4 is 45.7 Å². The summed E-state index contributed by atoms with van der Waals surface area (Å²) >= 11 is 0. The molecule has 328 valence electrons. The summed E-state index contributed by atoms with van der Waals surface area (Å²) in [6.07, 6.45) is 5.75. The molecule has 4 atom stereocenters. The Morgan fingerprint density at radius 1 is 0.797 bits per heavy atom. The maximum atomic E-state index is 14.1. The average molecular weight is 862 g/mol. The number of alkyl carbamates (subject to hydrolysis) is 1. The number of H-pyrrole nitrogens is 2. The molecular formula is C50H51N7O7. The highest BCUT2D eigenvalue weighted by atomic mass is 16.5. The van der Waals surface area contributed by atoms with E-state index >= 15 is 0 Å². The molecule has 3 fully saturated rings. The number of ether oxygens (including phenoxy) is 3. The molecule has 0 radical (unpaired) electrons. The van der Waals surface area contributed by atoms with Gasteiger partial charge in [-0.3, -0.25) is 14.4 Å². The number of aromatic nitrogens is 4. The minimum Gasteiger partial charge on any atom is -0.469 e.